The number of nitrogens with one attached hydrogen (secondary N) is 1. The number of hydrogen-bond donors (Lipinski definition) is 1. The van der Waals surface area contributed by atoms with Gasteiger partial charge < -0.3 is 10.1 Å². The molecule has 6 nitrogen and oxygen atoms in total. The molecule has 7 heteroatoms. The standard InChI is InChI=1S/C21H34N2O4S/c1-7-28(25,26)23-10-8-17(9-11-23)21(24)22-16(5)19-13-18(14(2)3)20(27-6)12-15(19)4/h12-14,16-17H,7-11H2,1-6H3,(H,22,24). The summed E-state index contributed by atoms with van der Waals surface area (Å²) in [6, 6.07) is 4.04. The number of benzene rings is 1. The highest BCUT2D eigenvalue weighted by Gasteiger charge is 2.30. The summed E-state index contributed by atoms with van der Waals surface area (Å²) in [5, 5.41) is 3.13. The first kappa shape index (κ1) is 22.7. The molecule has 0 aromatic heterocycles. The minimum atomic E-state index is -3.17. The van der Waals surface area contributed by atoms with Crippen molar-refractivity contribution in [2.45, 2.75) is 59.4 Å². The van der Waals surface area contributed by atoms with Gasteiger partial charge in [-0.25, -0.2) is 12.7 Å². The summed E-state index contributed by atoms with van der Waals surface area (Å²) in [6.07, 6.45) is 1.13. The number of carbonyl (C=O) groups excluding carboxylic acids is 1. The van der Waals surface area contributed by atoms with E-state index in [1.54, 1.807) is 14.0 Å². The number of piperidine rings is 1. The molecular formula is C21H34N2O4S. The lowest BCUT2D eigenvalue weighted by Crippen LogP contribution is -2.43. The molecule has 1 amide bonds. The van der Waals surface area contributed by atoms with Gasteiger partial charge in [-0.2, -0.15) is 0 Å². The van der Waals surface area contributed by atoms with Gasteiger partial charge in [0.15, 0.2) is 0 Å². The van der Waals surface area contributed by atoms with Gasteiger partial charge in [-0.3, -0.25) is 4.79 Å². The lowest BCUT2D eigenvalue weighted by molar-refractivity contribution is -0.126. The molecule has 0 bridgehead atoms. The fourth-order valence-electron chi connectivity index (χ4n) is 3.80. The summed E-state index contributed by atoms with van der Waals surface area (Å²) in [6.45, 7) is 10.8. The Hall–Kier alpha value is -1.60. The van der Waals surface area contributed by atoms with Gasteiger partial charge in [0.1, 0.15) is 5.75 Å². The molecule has 0 saturated carbocycles. The second kappa shape index (κ2) is 9.27. The highest BCUT2D eigenvalue weighted by molar-refractivity contribution is 7.89. The number of hydrogen-bond acceptors (Lipinski definition) is 4. The van der Waals surface area contributed by atoms with Crippen molar-refractivity contribution < 1.29 is 17.9 Å². The Labute approximate surface area is 169 Å². The number of methoxy groups -OCH3 is 1. The van der Waals surface area contributed by atoms with Crippen LogP contribution in [0.25, 0.3) is 0 Å². The maximum atomic E-state index is 12.8. The zero-order valence-electron chi connectivity index (χ0n) is 17.9. The SMILES string of the molecule is CCS(=O)(=O)N1CCC(C(=O)NC(C)c2cc(C(C)C)c(OC)cc2C)CC1. The van der Waals surface area contributed by atoms with Crippen LogP contribution >= 0.6 is 0 Å². The largest absolute Gasteiger partial charge is 0.496 e. The molecule has 1 atom stereocenters. The molecule has 1 aromatic rings. The molecule has 0 radical (unpaired) electrons. The van der Waals surface area contributed by atoms with Crippen LogP contribution in [0.3, 0.4) is 0 Å². The van der Waals surface area contributed by atoms with Crippen molar-refractivity contribution in [3.8, 4) is 5.75 Å². The number of carbonyl (C=O) groups is 1. The molecule has 28 heavy (non-hydrogen) atoms. The van der Waals surface area contributed by atoms with Gasteiger partial charge in [-0.15, -0.1) is 0 Å². The second-order valence-electron chi connectivity index (χ2n) is 7.91. The Morgan fingerprint density at radius 2 is 1.82 bits per heavy atom. The number of sulfonamides is 1. The smallest absolute Gasteiger partial charge is 0.223 e. The van der Waals surface area contributed by atoms with Crippen molar-refractivity contribution in [1.82, 2.24) is 9.62 Å². The first-order chi connectivity index (χ1) is 13.1. The van der Waals surface area contributed by atoms with Crippen LogP contribution in [0.5, 0.6) is 5.75 Å². The van der Waals surface area contributed by atoms with E-state index < -0.39 is 10.0 Å². The van der Waals surface area contributed by atoms with Crippen molar-refractivity contribution >= 4 is 15.9 Å². The van der Waals surface area contributed by atoms with Crippen molar-refractivity contribution in [3.05, 3.63) is 28.8 Å². The zero-order chi connectivity index (χ0) is 21.1. The molecule has 0 spiro atoms. The normalized spacial score (nSPS) is 17.5. The van der Waals surface area contributed by atoms with E-state index in [4.69, 9.17) is 4.74 Å². The van der Waals surface area contributed by atoms with Crippen molar-refractivity contribution in [2.24, 2.45) is 5.92 Å². The van der Waals surface area contributed by atoms with Crippen LogP contribution in [0.2, 0.25) is 0 Å². The molecule has 0 aliphatic carbocycles. The number of rotatable bonds is 7. The van der Waals surface area contributed by atoms with Crippen LogP contribution in [0.4, 0.5) is 0 Å². The van der Waals surface area contributed by atoms with Gasteiger partial charge >= 0.3 is 0 Å². The van der Waals surface area contributed by atoms with E-state index in [0.717, 1.165) is 22.4 Å². The van der Waals surface area contributed by atoms with Crippen LogP contribution in [0, 0.1) is 12.8 Å². The second-order valence-corrected chi connectivity index (χ2v) is 10.2. The van der Waals surface area contributed by atoms with Gasteiger partial charge in [0, 0.05) is 19.0 Å². The minimum Gasteiger partial charge on any atom is -0.496 e. The lowest BCUT2D eigenvalue weighted by atomic mass is 9.92. The van der Waals surface area contributed by atoms with Gasteiger partial charge in [-0.1, -0.05) is 13.8 Å². The maximum Gasteiger partial charge on any atom is 0.223 e. The van der Waals surface area contributed by atoms with E-state index in [9.17, 15) is 13.2 Å². The molecular weight excluding hydrogens is 376 g/mol. The average Bonchev–Trinajstić information content (AvgIpc) is 2.67. The minimum absolute atomic E-state index is 0.00219. The van der Waals surface area contributed by atoms with Crippen LogP contribution < -0.4 is 10.1 Å². The van der Waals surface area contributed by atoms with E-state index in [-0.39, 0.29) is 23.6 Å². The average molecular weight is 411 g/mol. The molecule has 1 unspecified atom stereocenters. The quantitative estimate of drug-likeness (QED) is 0.748. The van der Waals surface area contributed by atoms with Gasteiger partial charge in [0.2, 0.25) is 15.9 Å². The van der Waals surface area contributed by atoms with Crippen LogP contribution in [-0.2, 0) is 14.8 Å². The molecule has 1 aliphatic rings. The van der Waals surface area contributed by atoms with Crippen molar-refractivity contribution in [2.75, 3.05) is 26.0 Å². The van der Waals surface area contributed by atoms with Gasteiger partial charge in [0.05, 0.1) is 18.9 Å². The molecule has 1 aromatic carbocycles. The fraction of sp³-hybridized carbons (Fsp3) is 0.667. The topological polar surface area (TPSA) is 75.7 Å². The number of amides is 1. The molecule has 1 aliphatic heterocycles. The molecule has 158 valence electrons. The Kier molecular flexibility index (Phi) is 7.51. The summed E-state index contributed by atoms with van der Waals surface area (Å²) < 4.78 is 31.0. The third-order valence-corrected chi connectivity index (χ3v) is 7.53. The summed E-state index contributed by atoms with van der Waals surface area (Å²) in [4.78, 5) is 12.8. The van der Waals surface area contributed by atoms with E-state index >= 15 is 0 Å². The Balaban J connectivity index is 2.06. The Morgan fingerprint density at radius 1 is 1.21 bits per heavy atom. The monoisotopic (exact) mass is 410 g/mol. The van der Waals surface area contributed by atoms with E-state index in [1.807, 2.05) is 19.9 Å². The summed E-state index contributed by atoms with van der Waals surface area (Å²) in [5.41, 5.74) is 3.30. The van der Waals surface area contributed by atoms with Crippen LogP contribution in [-0.4, -0.2) is 44.6 Å². The fourth-order valence-corrected chi connectivity index (χ4v) is 4.93. The highest BCUT2D eigenvalue weighted by atomic mass is 32.2. The first-order valence-electron chi connectivity index (χ1n) is 10.1. The van der Waals surface area contributed by atoms with Gasteiger partial charge in [-0.05, 0) is 68.4 Å². The highest BCUT2D eigenvalue weighted by Crippen LogP contribution is 2.32. The third-order valence-electron chi connectivity index (χ3n) is 5.65. The summed E-state index contributed by atoms with van der Waals surface area (Å²) >= 11 is 0. The number of ether oxygens (including phenoxy) is 1. The van der Waals surface area contributed by atoms with Crippen LogP contribution in [0.15, 0.2) is 12.1 Å². The Bertz CT molecular complexity index is 797. The lowest BCUT2D eigenvalue weighted by Gasteiger charge is -2.31. The van der Waals surface area contributed by atoms with Crippen molar-refractivity contribution in [1.29, 1.82) is 0 Å². The van der Waals surface area contributed by atoms with E-state index in [2.05, 4.69) is 25.2 Å². The molecule has 1 saturated heterocycles. The zero-order valence-corrected chi connectivity index (χ0v) is 18.7. The van der Waals surface area contributed by atoms with Gasteiger partial charge in [0.25, 0.3) is 0 Å². The number of aryl methyl sites for hydroxylation is 1. The third kappa shape index (κ3) is 5.06. The number of nitrogens with zero attached hydrogens (tertiary/aromatic N) is 1. The summed E-state index contributed by atoms with van der Waals surface area (Å²) in [5.74, 6) is 1.16. The predicted octanol–water partition coefficient (Wildman–Crippen LogP) is 3.37. The van der Waals surface area contributed by atoms with Crippen LogP contribution in [0.1, 0.15) is 69.2 Å². The van der Waals surface area contributed by atoms with Crippen molar-refractivity contribution in [3.63, 3.8) is 0 Å². The molecule has 1 N–H and O–H groups in total. The molecule has 2 rings (SSSR count). The van der Waals surface area contributed by atoms with E-state index in [0.29, 0.717) is 31.8 Å². The van der Waals surface area contributed by atoms with E-state index in [1.165, 1.54) is 4.31 Å². The molecule has 1 heterocycles. The Morgan fingerprint density at radius 3 is 2.32 bits per heavy atom. The molecule has 1 fully saturated rings. The summed E-state index contributed by atoms with van der Waals surface area (Å²) in [7, 11) is -1.49. The maximum absolute atomic E-state index is 12.8. The first-order valence-corrected chi connectivity index (χ1v) is 11.7. The predicted molar refractivity (Wildman–Crippen MR) is 112 cm³/mol.